The number of tetrazole rings is 1. The Morgan fingerprint density at radius 2 is 2.13 bits per heavy atom. The first-order valence-corrected chi connectivity index (χ1v) is 10.2. The zero-order valence-electron chi connectivity index (χ0n) is 16.7. The highest BCUT2D eigenvalue weighted by Gasteiger charge is 2.38. The fourth-order valence-electron chi connectivity index (χ4n) is 4.63. The van der Waals surface area contributed by atoms with Crippen molar-refractivity contribution < 1.29 is 14.6 Å². The third kappa shape index (κ3) is 4.40. The number of carboxylic acids is 1. The number of carbonyl (C=O) groups is 1. The second kappa shape index (κ2) is 9.03. The Labute approximate surface area is 184 Å². The summed E-state index contributed by atoms with van der Waals surface area (Å²) < 4.78 is 8.23. The molecule has 10 nitrogen and oxygen atoms in total. The molecule has 1 aliphatic heterocycles. The summed E-state index contributed by atoms with van der Waals surface area (Å²) in [5, 5.41) is 31.2. The van der Waals surface area contributed by atoms with Crippen LogP contribution in [0.25, 0.3) is 17.1 Å². The van der Waals surface area contributed by atoms with Crippen LogP contribution in [0.3, 0.4) is 0 Å². The van der Waals surface area contributed by atoms with Gasteiger partial charge in [-0.1, -0.05) is 0 Å². The summed E-state index contributed by atoms with van der Waals surface area (Å²) in [6, 6.07) is 7.18. The predicted molar refractivity (Wildman–Crippen MR) is 113 cm³/mol. The molecule has 2 aromatic heterocycles. The molecule has 3 N–H and O–H groups in total. The van der Waals surface area contributed by atoms with Crippen molar-refractivity contribution in [1.29, 1.82) is 0 Å². The topological polar surface area (TPSA) is 131 Å². The molecule has 0 radical (unpaired) electrons. The summed E-state index contributed by atoms with van der Waals surface area (Å²) in [4.78, 5) is 11.4. The molecular weight excluding hydrogens is 422 g/mol. The number of ether oxygens (including phenoxy) is 1. The fraction of sp³-hybridized carbons (Fsp3) is 0.450. The molecule has 1 aliphatic carbocycles. The number of aliphatic carboxylic acids is 1. The first-order chi connectivity index (χ1) is 14.7. The number of carboxylic acid groups (broad SMARTS) is 1. The maximum Gasteiger partial charge on any atom is 0.320 e. The van der Waals surface area contributed by atoms with Gasteiger partial charge in [0.15, 0.2) is 0 Å². The number of fused-ring (bicyclic) bond motifs is 1. The molecule has 2 fully saturated rings. The van der Waals surface area contributed by atoms with Gasteiger partial charge in [0.1, 0.15) is 11.8 Å². The Morgan fingerprint density at radius 3 is 2.87 bits per heavy atom. The van der Waals surface area contributed by atoms with Crippen LogP contribution in [0.1, 0.15) is 25.7 Å². The lowest BCUT2D eigenvalue weighted by molar-refractivity contribution is -0.141. The number of nitrogens with zero attached hydrogens (tertiary/aromatic N) is 5. The van der Waals surface area contributed by atoms with Gasteiger partial charge in [-0.3, -0.25) is 4.79 Å². The van der Waals surface area contributed by atoms with E-state index in [1.54, 1.807) is 10.9 Å². The number of aromatic amines is 1. The molecule has 1 saturated carbocycles. The molecule has 31 heavy (non-hydrogen) atoms. The maximum absolute atomic E-state index is 11.4. The van der Waals surface area contributed by atoms with Crippen molar-refractivity contribution in [2.75, 3.05) is 6.54 Å². The van der Waals surface area contributed by atoms with Gasteiger partial charge in [0.05, 0.1) is 17.4 Å². The number of aromatic nitrogens is 6. The number of benzene rings is 1. The maximum atomic E-state index is 11.4. The van der Waals surface area contributed by atoms with Crippen LogP contribution in [0.4, 0.5) is 0 Å². The monoisotopic (exact) mass is 445 g/mol. The van der Waals surface area contributed by atoms with Crippen molar-refractivity contribution in [3.05, 3.63) is 36.7 Å². The predicted octanol–water partition coefficient (Wildman–Crippen LogP) is 2.08. The summed E-state index contributed by atoms with van der Waals surface area (Å²) in [5.41, 5.74) is 1.64. The molecular formula is C20H24ClN7O3. The molecule has 2 aliphatic rings. The van der Waals surface area contributed by atoms with E-state index >= 15 is 0 Å². The molecule has 3 heterocycles. The Morgan fingerprint density at radius 1 is 1.23 bits per heavy atom. The smallest absolute Gasteiger partial charge is 0.320 e. The fourth-order valence-corrected chi connectivity index (χ4v) is 4.63. The SMILES string of the molecule is Cl.O=C(O)[C@@H]1C[C@@H]2C[C@@H](Oc3cc(-n4cccn4)ccc3-c3nn[nH]n3)CC[C@H]2CN1. The molecule has 0 bridgehead atoms. The van der Waals surface area contributed by atoms with Crippen LogP contribution in [0, 0.1) is 11.8 Å². The molecule has 164 valence electrons. The van der Waals surface area contributed by atoms with E-state index in [0.29, 0.717) is 29.8 Å². The van der Waals surface area contributed by atoms with Crippen molar-refractivity contribution in [3.63, 3.8) is 0 Å². The van der Waals surface area contributed by atoms with E-state index in [9.17, 15) is 9.90 Å². The lowest BCUT2D eigenvalue weighted by Crippen LogP contribution is -2.50. The van der Waals surface area contributed by atoms with Crippen LogP contribution >= 0.6 is 12.4 Å². The summed E-state index contributed by atoms with van der Waals surface area (Å²) in [5.74, 6) is 1.22. The number of rotatable bonds is 5. The quantitative estimate of drug-likeness (QED) is 0.544. The Bertz CT molecular complexity index is 1010. The van der Waals surface area contributed by atoms with E-state index in [1.807, 2.05) is 30.5 Å². The van der Waals surface area contributed by atoms with Gasteiger partial charge >= 0.3 is 5.97 Å². The molecule has 3 aromatic rings. The first-order valence-electron chi connectivity index (χ1n) is 10.2. The summed E-state index contributed by atoms with van der Waals surface area (Å²) in [6.07, 6.45) is 7.05. The lowest BCUT2D eigenvalue weighted by atomic mass is 9.72. The van der Waals surface area contributed by atoms with Crippen LogP contribution in [-0.2, 0) is 4.79 Å². The zero-order chi connectivity index (χ0) is 20.5. The van der Waals surface area contributed by atoms with E-state index in [-0.39, 0.29) is 18.5 Å². The molecule has 0 spiro atoms. The Hall–Kier alpha value is -2.98. The Balaban J connectivity index is 0.00000231. The first kappa shape index (κ1) is 21.3. The van der Waals surface area contributed by atoms with Gasteiger partial charge in [0.2, 0.25) is 5.82 Å². The molecule has 0 unspecified atom stereocenters. The van der Waals surface area contributed by atoms with E-state index < -0.39 is 12.0 Å². The average molecular weight is 446 g/mol. The number of halogens is 1. The van der Waals surface area contributed by atoms with Gasteiger partial charge in [0.25, 0.3) is 0 Å². The van der Waals surface area contributed by atoms with Crippen LogP contribution < -0.4 is 10.1 Å². The second-order valence-corrected chi connectivity index (χ2v) is 7.97. The Kier molecular flexibility index (Phi) is 6.19. The highest BCUT2D eigenvalue weighted by molar-refractivity contribution is 5.85. The molecule has 0 amide bonds. The summed E-state index contributed by atoms with van der Waals surface area (Å²) in [6.45, 7) is 0.761. The third-order valence-electron chi connectivity index (χ3n) is 6.17. The number of nitrogens with one attached hydrogen (secondary N) is 2. The van der Waals surface area contributed by atoms with Crippen molar-refractivity contribution in [1.82, 2.24) is 35.7 Å². The molecule has 11 heteroatoms. The highest BCUT2D eigenvalue weighted by Crippen LogP contribution is 2.39. The van der Waals surface area contributed by atoms with E-state index in [4.69, 9.17) is 4.74 Å². The van der Waals surface area contributed by atoms with Gasteiger partial charge in [-0.25, -0.2) is 4.68 Å². The van der Waals surface area contributed by atoms with Crippen molar-refractivity contribution in [2.24, 2.45) is 11.8 Å². The molecule has 4 atom stereocenters. The second-order valence-electron chi connectivity index (χ2n) is 7.97. The lowest BCUT2D eigenvalue weighted by Gasteiger charge is -2.41. The van der Waals surface area contributed by atoms with Crippen molar-refractivity contribution in [3.8, 4) is 22.8 Å². The van der Waals surface area contributed by atoms with E-state index in [0.717, 1.165) is 37.1 Å². The standard InChI is InChI=1S/C20H23N7O3.ClH/c28-20(29)17-9-13-8-15(4-2-12(13)11-21-17)30-18-10-14(27-7-1-6-22-27)3-5-16(18)19-23-25-26-24-19;/h1,3,5-7,10,12-13,15,17,21H,2,4,8-9,11H2,(H,28,29)(H,23,24,25,26);1H/t12-,13-,15-,17-;/m0./s1. The van der Waals surface area contributed by atoms with Crippen LogP contribution in [0.2, 0.25) is 0 Å². The minimum atomic E-state index is -0.775. The normalized spacial score (nSPS) is 25.3. The number of hydrogen-bond donors (Lipinski definition) is 3. The summed E-state index contributed by atoms with van der Waals surface area (Å²) >= 11 is 0. The van der Waals surface area contributed by atoms with Crippen molar-refractivity contribution >= 4 is 18.4 Å². The third-order valence-corrected chi connectivity index (χ3v) is 6.17. The van der Waals surface area contributed by atoms with E-state index in [2.05, 4.69) is 31.0 Å². The zero-order valence-corrected chi connectivity index (χ0v) is 17.5. The molecule has 1 saturated heterocycles. The van der Waals surface area contributed by atoms with Gasteiger partial charge in [-0.15, -0.1) is 22.6 Å². The van der Waals surface area contributed by atoms with Gasteiger partial charge in [-0.05, 0) is 67.5 Å². The highest BCUT2D eigenvalue weighted by atomic mass is 35.5. The van der Waals surface area contributed by atoms with E-state index in [1.165, 1.54) is 0 Å². The van der Waals surface area contributed by atoms with Gasteiger partial charge < -0.3 is 15.2 Å². The van der Waals surface area contributed by atoms with Gasteiger partial charge in [0, 0.05) is 18.5 Å². The average Bonchev–Trinajstić information content (AvgIpc) is 3.47. The van der Waals surface area contributed by atoms with Crippen LogP contribution in [-0.4, -0.2) is 60.2 Å². The van der Waals surface area contributed by atoms with Crippen LogP contribution in [0.5, 0.6) is 5.75 Å². The molecule has 1 aromatic carbocycles. The summed E-state index contributed by atoms with van der Waals surface area (Å²) in [7, 11) is 0. The largest absolute Gasteiger partial charge is 0.490 e. The minimum absolute atomic E-state index is 0. The van der Waals surface area contributed by atoms with Crippen LogP contribution in [0.15, 0.2) is 36.7 Å². The van der Waals surface area contributed by atoms with Crippen molar-refractivity contribution in [2.45, 2.75) is 37.8 Å². The van der Waals surface area contributed by atoms with Gasteiger partial charge in [-0.2, -0.15) is 10.3 Å². The molecule has 5 rings (SSSR count). The number of H-pyrrole nitrogens is 1. The minimum Gasteiger partial charge on any atom is -0.490 e. The number of piperidine rings is 1. The number of hydrogen-bond acceptors (Lipinski definition) is 7.